The van der Waals surface area contributed by atoms with Crippen molar-refractivity contribution in [2.45, 2.75) is 59.2 Å². The van der Waals surface area contributed by atoms with Crippen LogP contribution >= 0.6 is 0 Å². The Kier molecular flexibility index (Phi) is 11.8. The minimum absolute atomic E-state index is 0.269. The third-order valence-electron chi connectivity index (χ3n) is 4.16. The molecular formula is C18H35N3O6. The van der Waals surface area contributed by atoms with E-state index in [0.717, 1.165) is 39.3 Å². The van der Waals surface area contributed by atoms with Crippen molar-refractivity contribution in [2.24, 2.45) is 0 Å². The van der Waals surface area contributed by atoms with E-state index in [1.807, 2.05) is 14.7 Å². The zero-order valence-corrected chi connectivity index (χ0v) is 17.1. The van der Waals surface area contributed by atoms with Crippen molar-refractivity contribution in [3.8, 4) is 0 Å². The van der Waals surface area contributed by atoms with Crippen molar-refractivity contribution in [2.75, 3.05) is 39.3 Å². The van der Waals surface area contributed by atoms with Crippen molar-refractivity contribution in [1.82, 2.24) is 14.7 Å². The minimum Gasteiger partial charge on any atom is -0.480 e. The highest BCUT2D eigenvalue weighted by Crippen LogP contribution is 2.10. The molecule has 158 valence electrons. The van der Waals surface area contributed by atoms with Gasteiger partial charge in [-0.25, -0.2) is 0 Å². The van der Waals surface area contributed by atoms with Crippen LogP contribution in [0.3, 0.4) is 0 Å². The van der Waals surface area contributed by atoms with Gasteiger partial charge in [-0.3, -0.25) is 29.1 Å². The van der Waals surface area contributed by atoms with E-state index >= 15 is 0 Å². The van der Waals surface area contributed by atoms with Gasteiger partial charge in [0.1, 0.15) is 18.1 Å². The molecule has 3 unspecified atom stereocenters. The average molecular weight is 389 g/mol. The molecular weight excluding hydrogens is 354 g/mol. The van der Waals surface area contributed by atoms with E-state index in [-0.39, 0.29) is 18.1 Å². The zero-order chi connectivity index (χ0) is 21.1. The fourth-order valence-electron chi connectivity index (χ4n) is 1.80. The van der Waals surface area contributed by atoms with Crippen LogP contribution in [0.1, 0.15) is 41.0 Å². The maximum Gasteiger partial charge on any atom is 0.320 e. The Bertz CT molecular complexity index is 409. The lowest BCUT2D eigenvalue weighted by atomic mass is 10.3. The van der Waals surface area contributed by atoms with E-state index in [1.54, 1.807) is 20.8 Å². The second-order valence-electron chi connectivity index (χ2n) is 6.86. The summed E-state index contributed by atoms with van der Waals surface area (Å²) in [4.78, 5) is 36.1. The maximum absolute atomic E-state index is 10.1. The summed E-state index contributed by atoms with van der Waals surface area (Å²) < 4.78 is 0. The Labute approximate surface area is 161 Å². The van der Waals surface area contributed by atoms with Crippen LogP contribution in [0.25, 0.3) is 0 Å². The molecule has 3 aliphatic rings. The van der Waals surface area contributed by atoms with Gasteiger partial charge in [0.25, 0.3) is 0 Å². The molecule has 0 amide bonds. The van der Waals surface area contributed by atoms with Gasteiger partial charge in [0.2, 0.25) is 0 Å². The van der Waals surface area contributed by atoms with E-state index in [0.29, 0.717) is 0 Å². The van der Waals surface area contributed by atoms with Crippen LogP contribution in [-0.4, -0.2) is 105 Å². The second kappa shape index (κ2) is 12.6. The summed E-state index contributed by atoms with van der Waals surface area (Å²) >= 11 is 0. The van der Waals surface area contributed by atoms with Crippen LogP contribution in [0.15, 0.2) is 0 Å². The molecule has 0 aliphatic carbocycles. The van der Waals surface area contributed by atoms with Crippen LogP contribution in [0, 0.1) is 0 Å². The molecule has 3 fully saturated rings. The number of carboxylic acid groups (broad SMARTS) is 3. The fourth-order valence-corrected chi connectivity index (χ4v) is 1.80. The first-order valence-corrected chi connectivity index (χ1v) is 9.47. The number of aliphatic carboxylic acids is 3. The summed E-state index contributed by atoms with van der Waals surface area (Å²) in [6, 6.07) is -0.806. The normalized spacial score (nSPS) is 20.8. The van der Waals surface area contributed by atoms with Crippen molar-refractivity contribution in [3.05, 3.63) is 0 Å². The van der Waals surface area contributed by atoms with E-state index in [2.05, 4.69) is 13.8 Å². The van der Waals surface area contributed by atoms with Crippen LogP contribution in [0.4, 0.5) is 0 Å². The Balaban J connectivity index is 0.000000350. The Hall–Kier alpha value is -1.71. The van der Waals surface area contributed by atoms with Crippen LogP contribution in [-0.2, 0) is 14.4 Å². The van der Waals surface area contributed by atoms with Gasteiger partial charge in [-0.05, 0) is 20.8 Å². The first kappa shape index (κ1) is 25.3. The Morgan fingerprint density at radius 2 is 0.778 bits per heavy atom. The smallest absolute Gasteiger partial charge is 0.320 e. The van der Waals surface area contributed by atoms with Crippen LogP contribution < -0.4 is 0 Å². The summed E-state index contributed by atoms with van der Waals surface area (Å²) in [6.07, 6.45) is 1.25. The molecule has 0 aromatic carbocycles. The fraction of sp³-hybridized carbons (Fsp3) is 0.833. The molecule has 0 saturated carbocycles. The number of carboxylic acids is 3. The molecule has 27 heavy (non-hydrogen) atoms. The van der Waals surface area contributed by atoms with E-state index in [4.69, 9.17) is 15.3 Å². The number of carbonyl (C=O) groups is 3. The highest BCUT2D eigenvalue weighted by atomic mass is 16.4. The number of hydrogen-bond donors (Lipinski definition) is 3. The van der Waals surface area contributed by atoms with Crippen molar-refractivity contribution in [3.63, 3.8) is 0 Å². The molecule has 0 radical (unpaired) electrons. The van der Waals surface area contributed by atoms with Crippen LogP contribution in [0.2, 0.25) is 0 Å². The average Bonchev–Trinajstić information content (AvgIpc) is 3.46. The SMILES string of the molecule is CC(C(=O)O)N1CC1.CC(C(=O)O)N1CC1.CC(C(=O)O)N1CC1.CCC. The lowest BCUT2D eigenvalue weighted by molar-refractivity contribution is -0.141. The summed E-state index contributed by atoms with van der Waals surface area (Å²) in [7, 11) is 0. The molecule has 3 rings (SSSR count). The van der Waals surface area contributed by atoms with Gasteiger partial charge in [0, 0.05) is 39.3 Å². The Morgan fingerprint density at radius 3 is 0.815 bits per heavy atom. The number of hydrogen-bond acceptors (Lipinski definition) is 6. The molecule has 0 bridgehead atoms. The van der Waals surface area contributed by atoms with Gasteiger partial charge in [0.15, 0.2) is 0 Å². The highest BCUT2D eigenvalue weighted by molar-refractivity contribution is 5.74. The quantitative estimate of drug-likeness (QED) is 0.565. The molecule has 3 N–H and O–H groups in total. The van der Waals surface area contributed by atoms with E-state index in [1.165, 1.54) is 6.42 Å². The van der Waals surface area contributed by atoms with E-state index in [9.17, 15) is 14.4 Å². The molecule has 0 spiro atoms. The topological polar surface area (TPSA) is 121 Å². The standard InChI is InChI=1S/3C5H9NO2.C3H8/c3*1-4(5(7)8)6-2-3-6;1-3-2/h3*4H,2-3H2,1H3,(H,7,8);3H2,1-2H3. The first-order valence-electron chi connectivity index (χ1n) is 9.47. The highest BCUT2D eigenvalue weighted by Gasteiger charge is 2.29. The van der Waals surface area contributed by atoms with Crippen molar-refractivity contribution < 1.29 is 29.7 Å². The van der Waals surface area contributed by atoms with E-state index < -0.39 is 17.9 Å². The lowest BCUT2D eigenvalue weighted by Crippen LogP contribution is -2.24. The van der Waals surface area contributed by atoms with Gasteiger partial charge in [-0.15, -0.1) is 0 Å². The number of rotatable bonds is 6. The van der Waals surface area contributed by atoms with Gasteiger partial charge in [0.05, 0.1) is 0 Å². The van der Waals surface area contributed by atoms with Crippen molar-refractivity contribution in [1.29, 1.82) is 0 Å². The molecule has 0 aromatic rings. The summed E-state index contributed by atoms with van der Waals surface area (Å²) in [5, 5.41) is 25.1. The maximum atomic E-state index is 10.1. The third-order valence-corrected chi connectivity index (χ3v) is 4.16. The Morgan fingerprint density at radius 1 is 0.630 bits per heavy atom. The number of nitrogens with zero attached hydrogens (tertiary/aromatic N) is 3. The first-order chi connectivity index (χ1) is 12.6. The molecule has 9 nitrogen and oxygen atoms in total. The van der Waals surface area contributed by atoms with Gasteiger partial charge in [-0.2, -0.15) is 0 Å². The molecule has 0 aromatic heterocycles. The summed E-state index contributed by atoms with van der Waals surface area (Å²) in [5.41, 5.74) is 0. The lowest BCUT2D eigenvalue weighted by Gasteiger charge is -2.03. The molecule has 3 aliphatic heterocycles. The van der Waals surface area contributed by atoms with Crippen LogP contribution in [0.5, 0.6) is 0 Å². The summed E-state index contributed by atoms with van der Waals surface area (Å²) in [6.45, 7) is 15.1. The van der Waals surface area contributed by atoms with Gasteiger partial charge in [-0.1, -0.05) is 20.3 Å². The van der Waals surface area contributed by atoms with Gasteiger partial charge < -0.3 is 15.3 Å². The predicted octanol–water partition coefficient (Wildman–Crippen LogP) is 0.742. The zero-order valence-electron chi connectivity index (χ0n) is 17.1. The second-order valence-corrected chi connectivity index (χ2v) is 6.86. The monoisotopic (exact) mass is 389 g/mol. The molecule has 3 atom stereocenters. The molecule has 9 heteroatoms. The third kappa shape index (κ3) is 12.3. The largest absolute Gasteiger partial charge is 0.480 e. The molecule has 3 saturated heterocycles. The van der Waals surface area contributed by atoms with Crippen molar-refractivity contribution >= 4 is 17.9 Å². The summed E-state index contributed by atoms with van der Waals surface area (Å²) in [5.74, 6) is -2.16. The van der Waals surface area contributed by atoms with Gasteiger partial charge >= 0.3 is 17.9 Å². The molecule has 3 heterocycles. The predicted molar refractivity (Wildman–Crippen MR) is 102 cm³/mol. The minimum atomic E-state index is -0.720.